The topological polar surface area (TPSA) is 149 Å². The minimum atomic E-state index is -3.49. The first-order chi connectivity index (χ1) is 22.6. The number of nitrogens with one attached hydrogen (secondary N) is 1. The van der Waals surface area contributed by atoms with Crippen LogP contribution in [0.5, 0.6) is 11.5 Å². The molecule has 13 nitrogen and oxygen atoms in total. The summed E-state index contributed by atoms with van der Waals surface area (Å²) in [5, 5.41) is 22.4. The van der Waals surface area contributed by atoms with Crippen LogP contribution in [0.2, 0.25) is 0 Å². The van der Waals surface area contributed by atoms with Crippen molar-refractivity contribution in [3.05, 3.63) is 48.3 Å². The van der Waals surface area contributed by atoms with E-state index >= 15 is 0 Å². The van der Waals surface area contributed by atoms with Crippen LogP contribution in [0, 0.1) is 11.3 Å². The number of likely N-dealkylation sites (tertiary alicyclic amines) is 1. The summed E-state index contributed by atoms with van der Waals surface area (Å²) in [4.78, 5) is 30.6. The van der Waals surface area contributed by atoms with E-state index in [4.69, 9.17) is 14.2 Å². The lowest BCUT2D eigenvalue weighted by atomic mass is 10.0. The van der Waals surface area contributed by atoms with Gasteiger partial charge >= 0.3 is 6.05 Å². The second-order valence-electron chi connectivity index (χ2n) is 11.7. The van der Waals surface area contributed by atoms with Gasteiger partial charge < -0.3 is 29.5 Å². The first kappa shape index (κ1) is 32.3. The number of nitrogens with zero attached hydrogens (tertiary/aromatic N) is 7. The van der Waals surface area contributed by atoms with Gasteiger partial charge in [-0.2, -0.15) is 14.0 Å². The summed E-state index contributed by atoms with van der Waals surface area (Å²) >= 11 is 0. The number of aliphatic hydroxyl groups excluding tert-OH is 1. The number of nitriles is 1. The molecule has 3 saturated heterocycles. The van der Waals surface area contributed by atoms with Gasteiger partial charge in [-0.15, -0.1) is 0 Å². The smallest absolute Gasteiger partial charge is 0.331 e. The molecule has 0 aliphatic carbocycles. The van der Waals surface area contributed by atoms with Crippen molar-refractivity contribution in [1.29, 1.82) is 5.26 Å². The number of pyridine rings is 1. The lowest BCUT2D eigenvalue weighted by molar-refractivity contribution is -0.202. The number of aliphatic hydroxyl groups is 1. The van der Waals surface area contributed by atoms with E-state index in [0.717, 1.165) is 52.0 Å². The Morgan fingerprint density at radius 2 is 1.94 bits per heavy atom. The third-order valence-corrected chi connectivity index (χ3v) is 8.61. The Bertz CT molecular complexity index is 1640. The van der Waals surface area contributed by atoms with E-state index in [1.807, 2.05) is 0 Å². The van der Waals surface area contributed by atoms with Crippen LogP contribution in [0.4, 0.5) is 26.2 Å². The number of ether oxygens (including phenoxy) is 3. The van der Waals surface area contributed by atoms with Crippen molar-refractivity contribution >= 4 is 23.4 Å². The van der Waals surface area contributed by atoms with E-state index in [9.17, 15) is 23.9 Å². The van der Waals surface area contributed by atoms with Crippen LogP contribution in [-0.4, -0.2) is 113 Å². The fraction of sp³-hybridized carbons (Fsp3) is 0.469. The van der Waals surface area contributed by atoms with Crippen molar-refractivity contribution in [2.75, 3.05) is 63.3 Å². The predicted octanol–water partition coefficient (Wildman–Crippen LogP) is 3.03. The summed E-state index contributed by atoms with van der Waals surface area (Å²) in [5.74, 6) is 0.555. The van der Waals surface area contributed by atoms with E-state index in [1.165, 1.54) is 0 Å². The molecule has 1 unspecified atom stereocenters. The maximum atomic E-state index is 14.7. The molecule has 1 amide bonds. The summed E-state index contributed by atoms with van der Waals surface area (Å²) in [6.07, 6.45) is 0.246. The molecule has 0 saturated carbocycles. The molecule has 2 aromatic heterocycles. The van der Waals surface area contributed by atoms with Crippen molar-refractivity contribution in [3.63, 3.8) is 0 Å². The fourth-order valence-electron chi connectivity index (χ4n) is 5.93. The SMILES string of the molecule is COc1cc(Nc2nccc(-c3ccc(OC4CCN(C(=O)[C@H](C)O)C(F)(F)C4)c(C#N)c3)n2)ncc1N1CCN(C2COC2)CC1. The molecule has 47 heavy (non-hydrogen) atoms. The first-order valence-electron chi connectivity index (χ1n) is 15.4. The second kappa shape index (κ2) is 13.6. The van der Waals surface area contributed by atoms with Gasteiger partial charge in [0, 0.05) is 57.0 Å². The van der Waals surface area contributed by atoms with Gasteiger partial charge in [0.2, 0.25) is 5.95 Å². The van der Waals surface area contributed by atoms with Crippen LogP contribution < -0.4 is 19.7 Å². The van der Waals surface area contributed by atoms with E-state index in [0.29, 0.717) is 33.8 Å². The predicted molar refractivity (Wildman–Crippen MR) is 167 cm³/mol. The summed E-state index contributed by atoms with van der Waals surface area (Å²) in [6.45, 7) is 6.08. The molecule has 2 N–H and O–H groups in total. The number of carbonyl (C=O) groups excluding carboxylic acids is 1. The summed E-state index contributed by atoms with van der Waals surface area (Å²) in [5.41, 5.74) is 2.16. The maximum Gasteiger partial charge on any atom is 0.331 e. The molecule has 1 aromatic carbocycles. The van der Waals surface area contributed by atoms with E-state index < -0.39 is 30.6 Å². The van der Waals surface area contributed by atoms with Crippen LogP contribution in [0.25, 0.3) is 11.3 Å². The number of rotatable bonds is 9. The standard InChI is InChI=1S/C32H36F2N8O5/c1-20(43)30(44)42-8-6-24(15-32(42,33)34)47-27-4-3-21(13-22(27)16-35)25-5-7-36-31(38-25)39-29-14-28(45-2)26(17-37-29)41-11-9-40(10-12-41)23-18-46-19-23/h3-5,7,13-14,17,20,23-24,43H,6,8-12,15,18-19H2,1-2H3,(H,36,37,38,39)/t20-,24?/m0/s1. The second-order valence-corrected chi connectivity index (χ2v) is 11.7. The number of hydrogen-bond donors (Lipinski definition) is 2. The Morgan fingerprint density at radius 3 is 2.60 bits per heavy atom. The summed E-state index contributed by atoms with van der Waals surface area (Å²) < 4.78 is 46.3. The molecular weight excluding hydrogens is 614 g/mol. The van der Waals surface area contributed by atoms with Crippen molar-refractivity contribution in [1.82, 2.24) is 24.8 Å². The normalized spacial score (nSPS) is 20.6. The van der Waals surface area contributed by atoms with Crippen LogP contribution in [-0.2, 0) is 9.53 Å². The third kappa shape index (κ3) is 7.04. The minimum Gasteiger partial charge on any atom is -0.494 e. The molecule has 0 bridgehead atoms. The number of amides is 1. The monoisotopic (exact) mass is 650 g/mol. The fourth-order valence-corrected chi connectivity index (χ4v) is 5.93. The van der Waals surface area contributed by atoms with Crippen molar-refractivity contribution in [2.24, 2.45) is 0 Å². The average Bonchev–Trinajstić information content (AvgIpc) is 3.04. The highest BCUT2D eigenvalue weighted by molar-refractivity contribution is 5.80. The zero-order valence-corrected chi connectivity index (χ0v) is 26.1. The van der Waals surface area contributed by atoms with Gasteiger partial charge in [-0.1, -0.05) is 0 Å². The molecule has 6 rings (SSSR count). The number of benzene rings is 1. The average molecular weight is 651 g/mol. The van der Waals surface area contributed by atoms with Gasteiger partial charge in [0.25, 0.3) is 5.91 Å². The number of hydrogen-bond acceptors (Lipinski definition) is 12. The number of aromatic nitrogens is 3. The Kier molecular flexibility index (Phi) is 9.35. The molecule has 248 valence electrons. The molecule has 0 spiro atoms. The molecule has 3 aliphatic rings. The van der Waals surface area contributed by atoms with Gasteiger partial charge in [0.15, 0.2) is 0 Å². The van der Waals surface area contributed by atoms with Crippen molar-refractivity contribution in [3.8, 4) is 28.8 Å². The highest BCUT2D eigenvalue weighted by Gasteiger charge is 2.47. The lowest BCUT2D eigenvalue weighted by Gasteiger charge is -2.43. The Morgan fingerprint density at radius 1 is 1.15 bits per heavy atom. The van der Waals surface area contributed by atoms with Gasteiger partial charge in [-0.3, -0.25) is 14.6 Å². The lowest BCUT2D eigenvalue weighted by Crippen LogP contribution is -2.56. The number of halogens is 2. The number of methoxy groups -OCH3 is 1. The van der Waals surface area contributed by atoms with E-state index in [1.54, 1.807) is 49.8 Å². The number of anilines is 3. The van der Waals surface area contributed by atoms with E-state index in [-0.39, 0.29) is 30.2 Å². The van der Waals surface area contributed by atoms with Gasteiger partial charge in [0.1, 0.15) is 35.6 Å². The van der Waals surface area contributed by atoms with Crippen molar-refractivity contribution < 1.29 is 32.9 Å². The quantitative estimate of drug-likeness (QED) is 0.328. The molecule has 0 radical (unpaired) electrons. The number of carbonyl (C=O) groups is 1. The zero-order chi connectivity index (χ0) is 33.1. The molecule has 15 heteroatoms. The minimum absolute atomic E-state index is 0.119. The van der Waals surface area contributed by atoms with Crippen molar-refractivity contribution in [2.45, 2.75) is 44.1 Å². The molecule has 3 aliphatic heterocycles. The van der Waals surface area contributed by atoms with E-state index in [2.05, 4.69) is 36.1 Å². The third-order valence-electron chi connectivity index (χ3n) is 8.61. The van der Waals surface area contributed by atoms with Gasteiger partial charge in [0.05, 0.1) is 55.9 Å². The molecular formula is C32H36F2N8O5. The van der Waals surface area contributed by atoms with Crippen LogP contribution in [0.1, 0.15) is 25.3 Å². The molecule has 2 atom stereocenters. The first-order valence-corrected chi connectivity index (χ1v) is 15.4. The Labute approximate surface area is 270 Å². The molecule has 3 aromatic rings. The Hall–Kier alpha value is -4.65. The Balaban J connectivity index is 1.12. The zero-order valence-electron chi connectivity index (χ0n) is 26.1. The molecule has 5 heterocycles. The summed E-state index contributed by atoms with van der Waals surface area (Å²) in [6, 6.07) is 7.36. The van der Waals surface area contributed by atoms with Gasteiger partial charge in [-0.25, -0.2) is 15.0 Å². The van der Waals surface area contributed by atoms with Gasteiger partial charge in [-0.05, 0) is 31.2 Å². The highest BCUT2D eigenvalue weighted by Crippen LogP contribution is 2.36. The van der Waals surface area contributed by atoms with Crippen LogP contribution >= 0.6 is 0 Å². The highest BCUT2D eigenvalue weighted by atomic mass is 19.3. The van der Waals surface area contributed by atoms with Crippen LogP contribution in [0.15, 0.2) is 42.7 Å². The number of alkyl halides is 2. The van der Waals surface area contributed by atoms with Crippen LogP contribution in [0.3, 0.4) is 0 Å². The number of piperidine rings is 1. The summed E-state index contributed by atoms with van der Waals surface area (Å²) in [7, 11) is 1.62. The largest absolute Gasteiger partial charge is 0.494 e. The number of piperazine rings is 1. The molecule has 3 fully saturated rings. The maximum absolute atomic E-state index is 14.7.